The molecule has 0 bridgehead atoms. The first-order chi connectivity index (χ1) is 7.83. The van der Waals surface area contributed by atoms with Gasteiger partial charge >= 0.3 is 0 Å². The van der Waals surface area contributed by atoms with Crippen LogP contribution in [0.3, 0.4) is 0 Å². The molecule has 0 aliphatic carbocycles. The second kappa shape index (κ2) is 5.12. The van der Waals surface area contributed by atoms with Crippen molar-refractivity contribution in [3.05, 3.63) is 12.4 Å². The van der Waals surface area contributed by atoms with Crippen LogP contribution in [-0.4, -0.2) is 42.3 Å². The molecule has 1 aromatic rings. The van der Waals surface area contributed by atoms with Crippen molar-refractivity contribution in [3.63, 3.8) is 0 Å². The fourth-order valence-corrected chi connectivity index (χ4v) is 1.91. The fourth-order valence-electron chi connectivity index (χ4n) is 1.91. The summed E-state index contributed by atoms with van der Waals surface area (Å²) in [6.07, 6.45) is 3.38. The van der Waals surface area contributed by atoms with E-state index in [2.05, 4.69) is 27.1 Å². The van der Waals surface area contributed by atoms with E-state index in [4.69, 9.17) is 4.74 Å². The molecule has 0 radical (unpaired) electrons. The van der Waals surface area contributed by atoms with Crippen LogP contribution in [0.2, 0.25) is 0 Å². The van der Waals surface area contributed by atoms with E-state index in [1.807, 2.05) is 6.92 Å². The van der Waals surface area contributed by atoms with Crippen molar-refractivity contribution in [2.75, 3.05) is 31.1 Å². The molecule has 1 N–H and O–H groups in total. The van der Waals surface area contributed by atoms with Crippen molar-refractivity contribution < 1.29 is 4.74 Å². The molecule has 1 aromatic heterocycles. The molecule has 88 valence electrons. The molecule has 1 aliphatic heterocycles. The largest absolute Gasteiger partial charge is 0.475 e. The van der Waals surface area contributed by atoms with Crippen LogP contribution in [0.15, 0.2) is 12.4 Å². The van der Waals surface area contributed by atoms with Crippen LogP contribution in [0.5, 0.6) is 5.88 Å². The van der Waals surface area contributed by atoms with Crippen molar-refractivity contribution in [2.24, 2.45) is 0 Å². The molecule has 0 amide bonds. The molecule has 5 heteroatoms. The van der Waals surface area contributed by atoms with Gasteiger partial charge in [0.15, 0.2) is 5.82 Å². The average Bonchev–Trinajstić information content (AvgIpc) is 2.31. The zero-order chi connectivity index (χ0) is 11.4. The van der Waals surface area contributed by atoms with Gasteiger partial charge < -0.3 is 15.0 Å². The van der Waals surface area contributed by atoms with Gasteiger partial charge in [0, 0.05) is 38.1 Å². The summed E-state index contributed by atoms with van der Waals surface area (Å²) >= 11 is 0. The number of hydrogen-bond acceptors (Lipinski definition) is 5. The van der Waals surface area contributed by atoms with Gasteiger partial charge in [-0.3, -0.25) is 0 Å². The third-order valence-corrected chi connectivity index (χ3v) is 2.70. The Morgan fingerprint density at radius 3 is 3.06 bits per heavy atom. The molecular weight excluding hydrogens is 204 g/mol. The average molecular weight is 222 g/mol. The lowest BCUT2D eigenvalue weighted by molar-refractivity contribution is 0.323. The summed E-state index contributed by atoms with van der Waals surface area (Å²) < 4.78 is 5.50. The Hall–Kier alpha value is -1.36. The lowest BCUT2D eigenvalue weighted by atomic mass is 10.2. The number of nitrogens with zero attached hydrogens (tertiary/aromatic N) is 3. The number of ether oxygens (including phenoxy) is 1. The summed E-state index contributed by atoms with van der Waals surface area (Å²) in [5.74, 6) is 1.50. The summed E-state index contributed by atoms with van der Waals surface area (Å²) in [5, 5.41) is 3.36. The molecule has 2 heterocycles. The summed E-state index contributed by atoms with van der Waals surface area (Å²) in [6, 6.07) is 0.421. The molecule has 1 fully saturated rings. The minimum atomic E-state index is 0.421. The molecule has 1 atom stereocenters. The van der Waals surface area contributed by atoms with Crippen molar-refractivity contribution in [3.8, 4) is 5.88 Å². The number of rotatable bonds is 3. The zero-order valence-corrected chi connectivity index (χ0v) is 9.81. The Morgan fingerprint density at radius 1 is 1.50 bits per heavy atom. The minimum absolute atomic E-state index is 0.421. The SMILES string of the molecule is CCOc1nccnc1N1CCNCC1C. The van der Waals surface area contributed by atoms with Crippen molar-refractivity contribution >= 4 is 5.82 Å². The molecule has 1 saturated heterocycles. The van der Waals surface area contributed by atoms with E-state index in [-0.39, 0.29) is 0 Å². The summed E-state index contributed by atoms with van der Waals surface area (Å²) in [7, 11) is 0. The van der Waals surface area contributed by atoms with Gasteiger partial charge in [-0.1, -0.05) is 0 Å². The maximum atomic E-state index is 5.50. The number of anilines is 1. The van der Waals surface area contributed by atoms with E-state index in [1.165, 1.54) is 0 Å². The van der Waals surface area contributed by atoms with Crippen LogP contribution in [0.25, 0.3) is 0 Å². The second-order valence-corrected chi connectivity index (χ2v) is 3.86. The molecule has 5 nitrogen and oxygen atoms in total. The number of nitrogens with one attached hydrogen (secondary N) is 1. The molecule has 1 aliphatic rings. The fraction of sp³-hybridized carbons (Fsp3) is 0.636. The predicted molar refractivity (Wildman–Crippen MR) is 62.9 cm³/mol. The molecule has 16 heavy (non-hydrogen) atoms. The van der Waals surface area contributed by atoms with Crippen molar-refractivity contribution in [2.45, 2.75) is 19.9 Å². The van der Waals surface area contributed by atoms with Gasteiger partial charge in [-0.25, -0.2) is 9.97 Å². The van der Waals surface area contributed by atoms with E-state index in [1.54, 1.807) is 12.4 Å². The highest BCUT2D eigenvalue weighted by Gasteiger charge is 2.22. The maximum absolute atomic E-state index is 5.50. The Morgan fingerprint density at radius 2 is 2.31 bits per heavy atom. The third kappa shape index (κ3) is 2.24. The second-order valence-electron chi connectivity index (χ2n) is 3.86. The minimum Gasteiger partial charge on any atom is -0.475 e. The van der Waals surface area contributed by atoms with Crippen LogP contribution >= 0.6 is 0 Å². The summed E-state index contributed by atoms with van der Waals surface area (Å²) in [6.45, 7) is 7.65. The van der Waals surface area contributed by atoms with Crippen LogP contribution in [0, 0.1) is 0 Å². The van der Waals surface area contributed by atoms with Gasteiger partial charge in [0.25, 0.3) is 5.88 Å². The third-order valence-electron chi connectivity index (χ3n) is 2.70. The Kier molecular flexibility index (Phi) is 3.56. The molecule has 0 aromatic carbocycles. The Balaban J connectivity index is 2.23. The van der Waals surface area contributed by atoms with Gasteiger partial charge in [0.1, 0.15) is 0 Å². The molecule has 0 spiro atoms. The van der Waals surface area contributed by atoms with E-state index >= 15 is 0 Å². The van der Waals surface area contributed by atoms with E-state index in [0.29, 0.717) is 18.5 Å². The quantitative estimate of drug-likeness (QED) is 0.814. The predicted octanol–water partition coefficient (Wildman–Crippen LogP) is 0.673. The molecule has 2 rings (SSSR count). The van der Waals surface area contributed by atoms with E-state index in [0.717, 1.165) is 25.5 Å². The van der Waals surface area contributed by atoms with Crippen LogP contribution in [-0.2, 0) is 0 Å². The van der Waals surface area contributed by atoms with Gasteiger partial charge in [-0.05, 0) is 13.8 Å². The van der Waals surface area contributed by atoms with Crippen molar-refractivity contribution in [1.82, 2.24) is 15.3 Å². The van der Waals surface area contributed by atoms with Gasteiger partial charge in [-0.15, -0.1) is 0 Å². The topological polar surface area (TPSA) is 50.3 Å². The molecular formula is C11H18N4O. The first kappa shape index (κ1) is 11.1. The van der Waals surface area contributed by atoms with E-state index in [9.17, 15) is 0 Å². The Labute approximate surface area is 95.8 Å². The molecule has 0 saturated carbocycles. The number of hydrogen-bond donors (Lipinski definition) is 1. The monoisotopic (exact) mass is 222 g/mol. The van der Waals surface area contributed by atoms with Crippen molar-refractivity contribution in [1.29, 1.82) is 0 Å². The maximum Gasteiger partial charge on any atom is 0.257 e. The van der Waals surface area contributed by atoms with E-state index < -0.39 is 0 Å². The van der Waals surface area contributed by atoms with Crippen LogP contribution in [0.4, 0.5) is 5.82 Å². The van der Waals surface area contributed by atoms with Gasteiger partial charge in [0.2, 0.25) is 0 Å². The normalized spacial score (nSPS) is 20.9. The first-order valence-corrected chi connectivity index (χ1v) is 5.74. The lowest BCUT2D eigenvalue weighted by Crippen LogP contribution is -2.50. The highest BCUT2D eigenvalue weighted by molar-refractivity contribution is 5.49. The highest BCUT2D eigenvalue weighted by atomic mass is 16.5. The number of aromatic nitrogens is 2. The Bertz CT molecular complexity index is 345. The standard InChI is InChI=1S/C11H18N4O/c1-3-16-11-10(13-4-5-14-11)15-7-6-12-8-9(15)2/h4-5,9,12H,3,6-8H2,1-2H3. The van der Waals surface area contributed by atoms with Crippen LogP contribution in [0.1, 0.15) is 13.8 Å². The smallest absolute Gasteiger partial charge is 0.257 e. The van der Waals surface area contributed by atoms with Crippen LogP contribution < -0.4 is 15.0 Å². The van der Waals surface area contributed by atoms with Gasteiger partial charge in [0.05, 0.1) is 6.61 Å². The van der Waals surface area contributed by atoms with Gasteiger partial charge in [-0.2, -0.15) is 0 Å². The number of piperazine rings is 1. The zero-order valence-electron chi connectivity index (χ0n) is 9.81. The summed E-state index contributed by atoms with van der Waals surface area (Å²) in [4.78, 5) is 10.9. The first-order valence-electron chi connectivity index (χ1n) is 5.74. The molecule has 1 unspecified atom stereocenters. The summed E-state index contributed by atoms with van der Waals surface area (Å²) in [5.41, 5.74) is 0. The lowest BCUT2D eigenvalue weighted by Gasteiger charge is -2.35. The highest BCUT2D eigenvalue weighted by Crippen LogP contribution is 2.24.